The highest BCUT2D eigenvalue weighted by atomic mass is 15.1. The first-order valence-corrected chi connectivity index (χ1v) is 5.58. The van der Waals surface area contributed by atoms with Crippen molar-refractivity contribution < 1.29 is 4.98 Å². The molecule has 0 spiro atoms. The summed E-state index contributed by atoms with van der Waals surface area (Å²) in [5.41, 5.74) is 3.34. The molecule has 0 aromatic carbocycles. The van der Waals surface area contributed by atoms with Crippen LogP contribution in [0.25, 0.3) is 34.0 Å². The molecule has 0 atom stereocenters. The fourth-order valence-electron chi connectivity index (χ4n) is 1.96. The monoisotopic (exact) mass is 237 g/mol. The van der Waals surface area contributed by atoms with Crippen molar-refractivity contribution in [2.45, 2.75) is 0 Å². The third kappa shape index (κ3) is 1.29. The van der Waals surface area contributed by atoms with Crippen molar-refractivity contribution in [3.63, 3.8) is 0 Å². The van der Waals surface area contributed by atoms with E-state index in [1.807, 2.05) is 30.5 Å². The molecule has 4 aromatic heterocycles. The molecule has 3 N–H and O–H groups in total. The Labute approximate surface area is 101 Å². The summed E-state index contributed by atoms with van der Waals surface area (Å²) >= 11 is 0. The molecular formula is C12H9N6+. The van der Waals surface area contributed by atoms with Crippen molar-refractivity contribution in [3.8, 4) is 11.6 Å². The van der Waals surface area contributed by atoms with Crippen LogP contribution in [0, 0.1) is 0 Å². The molecule has 0 bridgehead atoms. The summed E-state index contributed by atoms with van der Waals surface area (Å²) in [5, 5.41) is 0. The number of aromatic nitrogens is 6. The second-order valence-electron chi connectivity index (χ2n) is 3.98. The fourth-order valence-corrected chi connectivity index (χ4v) is 1.96. The summed E-state index contributed by atoms with van der Waals surface area (Å²) in [5.74, 6) is 1.39. The van der Waals surface area contributed by atoms with Crippen molar-refractivity contribution in [2.24, 2.45) is 0 Å². The molecule has 0 aliphatic rings. The number of H-pyrrole nitrogens is 3. The van der Waals surface area contributed by atoms with Crippen LogP contribution in [-0.2, 0) is 0 Å². The largest absolute Gasteiger partial charge is 0.347 e. The zero-order valence-corrected chi connectivity index (χ0v) is 9.31. The van der Waals surface area contributed by atoms with E-state index in [9.17, 15) is 0 Å². The average Bonchev–Trinajstić information content (AvgIpc) is 3.02. The van der Waals surface area contributed by atoms with Gasteiger partial charge in [0.2, 0.25) is 5.82 Å². The molecular weight excluding hydrogens is 228 g/mol. The van der Waals surface area contributed by atoms with Crippen molar-refractivity contribution in [3.05, 3.63) is 36.7 Å². The Hall–Kier alpha value is -2.76. The molecule has 4 aromatic rings. The number of hydrogen-bond acceptors (Lipinski definition) is 3. The number of nitrogens with one attached hydrogen (secondary N) is 3. The lowest BCUT2D eigenvalue weighted by atomic mass is 10.4. The van der Waals surface area contributed by atoms with Gasteiger partial charge in [-0.25, -0.2) is 15.0 Å². The summed E-state index contributed by atoms with van der Waals surface area (Å²) in [6.07, 6.45) is 3.56. The lowest BCUT2D eigenvalue weighted by Crippen LogP contribution is -2.00. The summed E-state index contributed by atoms with van der Waals surface area (Å²) in [6.45, 7) is 0. The van der Waals surface area contributed by atoms with Crippen LogP contribution in [0.15, 0.2) is 36.7 Å². The minimum Gasteiger partial charge on any atom is -0.332 e. The number of pyridine rings is 2. The average molecular weight is 237 g/mol. The minimum absolute atomic E-state index is 0.688. The quantitative estimate of drug-likeness (QED) is 0.523. The fraction of sp³-hybridized carbons (Fsp3) is 0. The van der Waals surface area contributed by atoms with E-state index in [1.165, 1.54) is 0 Å². The Bertz CT molecular complexity index is 706. The van der Waals surface area contributed by atoms with Crippen LogP contribution in [0.3, 0.4) is 0 Å². The zero-order valence-electron chi connectivity index (χ0n) is 9.31. The van der Waals surface area contributed by atoms with E-state index in [-0.39, 0.29) is 0 Å². The first-order chi connectivity index (χ1) is 8.90. The molecule has 4 rings (SSSR count). The number of hydrogen-bond donors (Lipinski definition) is 2. The zero-order chi connectivity index (χ0) is 11.9. The van der Waals surface area contributed by atoms with Crippen molar-refractivity contribution >= 4 is 22.3 Å². The van der Waals surface area contributed by atoms with Gasteiger partial charge in [0.05, 0.1) is 11.7 Å². The number of nitrogens with zero attached hydrogens (tertiary/aromatic N) is 3. The molecule has 0 aliphatic carbocycles. The van der Waals surface area contributed by atoms with Gasteiger partial charge in [0, 0.05) is 6.20 Å². The van der Waals surface area contributed by atoms with E-state index in [0.717, 1.165) is 16.7 Å². The molecule has 0 saturated carbocycles. The molecule has 6 heteroatoms. The summed E-state index contributed by atoms with van der Waals surface area (Å²) < 4.78 is 0. The second kappa shape index (κ2) is 3.36. The van der Waals surface area contributed by atoms with Gasteiger partial charge < -0.3 is 9.97 Å². The highest BCUT2D eigenvalue weighted by Crippen LogP contribution is 2.17. The second-order valence-corrected chi connectivity index (χ2v) is 3.98. The molecule has 0 saturated heterocycles. The van der Waals surface area contributed by atoms with Gasteiger partial charge in [0.25, 0.3) is 5.82 Å². The predicted molar refractivity (Wildman–Crippen MR) is 65.5 cm³/mol. The maximum absolute atomic E-state index is 4.45. The van der Waals surface area contributed by atoms with E-state index >= 15 is 0 Å². The van der Waals surface area contributed by atoms with E-state index in [0.29, 0.717) is 17.3 Å². The highest BCUT2D eigenvalue weighted by Gasteiger charge is 2.16. The maximum atomic E-state index is 4.45. The van der Waals surface area contributed by atoms with Gasteiger partial charge in [0.15, 0.2) is 5.65 Å². The van der Waals surface area contributed by atoms with E-state index < -0.39 is 0 Å². The van der Waals surface area contributed by atoms with Crippen molar-refractivity contribution in [1.82, 2.24) is 24.9 Å². The predicted octanol–water partition coefficient (Wildman–Crippen LogP) is 1.32. The first-order valence-electron chi connectivity index (χ1n) is 5.58. The normalized spacial score (nSPS) is 11.3. The van der Waals surface area contributed by atoms with Crippen molar-refractivity contribution in [1.29, 1.82) is 0 Å². The third-order valence-corrected chi connectivity index (χ3v) is 2.79. The van der Waals surface area contributed by atoms with Gasteiger partial charge in [-0.05, 0) is 29.2 Å². The van der Waals surface area contributed by atoms with Crippen LogP contribution in [0.4, 0.5) is 0 Å². The molecule has 6 nitrogen and oxygen atoms in total. The molecule has 86 valence electrons. The van der Waals surface area contributed by atoms with Gasteiger partial charge in [-0.2, -0.15) is 0 Å². The molecule has 0 fully saturated rings. The van der Waals surface area contributed by atoms with Crippen LogP contribution < -0.4 is 4.98 Å². The minimum atomic E-state index is 0.688. The van der Waals surface area contributed by atoms with Crippen molar-refractivity contribution in [2.75, 3.05) is 0 Å². The Morgan fingerprint density at radius 3 is 2.67 bits per heavy atom. The van der Waals surface area contributed by atoms with Gasteiger partial charge in [-0.1, -0.05) is 0 Å². The lowest BCUT2D eigenvalue weighted by Gasteiger charge is -1.81. The molecule has 0 radical (unpaired) electrons. The van der Waals surface area contributed by atoms with Crippen LogP contribution in [0.5, 0.6) is 0 Å². The Morgan fingerprint density at radius 1 is 0.944 bits per heavy atom. The standard InChI is InChI=1S/C12H8N6/c1-3-7-9(13-5-1)17-11(15-7)12-16-8-4-2-6-14-10(8)18-12/h1-6H,(H,13,15,17)(H,14,16,18)/p+1. The summed E-state index contributed by atoms with van der Waals surface area (Å²) in [4.78, 5) is 22.5. The highest BCUT2D eigenvalue weighted by molar-refractivity contribution is 5.76. The molecule has 0 unspecified atom stereocenters. The molecule has 0 aliphatic heterocycles. The maximum Gasteiger partial charge on any atom is 0.347 e. The third-order valence-electron chi connectivity index (χ3n) is 2.79. The Balaban J connectivity index is 1.95. The molecule has 0 amide bonds. The Kier molecular flexibility index (Phi) is 1.74. The molecule has 18 heavy (non-hydrogen) atoms. The smallest absolute Gasteiger partial charge is 0.332 e. The van der Waals surface area contributed by atoms with Gasteiger partial charge >= 0.3 is 5.65 Å². The number of aromatic amines is 3. The first kappa shape index (κ1) is 9.29. The number of imidazole rings is 2. The summed E-state index contributed by atoms with van der Waals surface area (Å²) in [6, 6.07) is 7.69. The van der Waals surface area contributed by atoms with E-state index in [4.69, 9.17) is 0 Å². The van der Waals surface area contributed by atoms with Gasteiger partial charge in [-0.3, -0.25) is 0 Å². The molecule has 4 heterocycles. The van der Waals surface area contributed by atoms with Crippen LogP contribution in [0.1, 0.15) is 0 Å². The lowest BCUT2D eigenvalue weighted by molar-refractivity contribution is -0.347. The van der Waals surface area contributed by atoms with Crippen LogP contribution in [0.2, 0.25) is 0 Å². The van der Waals surface area contributed by atoms with Crippen LogP contribution >= 0.6 is 0 Å². The number of fused-ring (bicyclic) bond motifs is 2. The topological polar surface area (TPSA) is 84.4 Å². The Morgan fingerprint density at radius 2 is 1.78 bits per heavy atom. The van der Waals surface area contributed by atoms with E-state index in [1.54, 1.807) is 6.20 Å². The van der Waals surface area contributed by atoms with Gasteiger partial charge in [0.1, 0.15) is 5.52 Å². The van der Waals surface area contributed by atoms with Crippen LogP contribution in [-0.4, -0.2) is 24.9 Å². The van der Waals surface area contributed by atoms with Gasteiger partial charge in [-0.15, -0.1) is 0 Å². The van der Waals surface area contributed by atoms with E-state index in [2.05, 4.69) is 29.9 Å². The number of rotatable bonds is 1. The SMILES string of the molecule is c1cnc2nc(-c3nc4[nH+]cccc4[nH]3)[nH]c2c1. The summed E-state index contributed by atoms with van der Waals surface area (Å²) in [7, 11) is 0.